The maximum atomic E-state index is 12.2. The van der Waals surface area contributed by atoms with Crippen LogP contribution in [-0.2, 0) is 20.9 Å². The number of nitrogens with one attached hydrogen (secondary N) is 1. The highest BCUT2D eigenvalue weighted by atomic mass is 79.9. The Morgan fingerprint density at radius 2 is 1.61 bits per heavy atom. The SMILES string of the molecule is C[C@H](NC(=O)C(Br)c1ccccc1)C(=O)OCc1ccccc1. The molecule has 0 aromatic heterocycles. The average molecular weight is 376 g/mol. The number of benzene rings is 2. The minimum Gasteiger partial charge on any atom is -0.459 e. The van der Waals surface area contributed by atoms with Crippen molar-refractivity contribution < 1.29 is 14.3 Å². The molecule has 0 aliphatic carbocycles. The normalized spacial score (nSPS) is 13.0. The number of ether oxygens (including phenoxy) is 1. The number of rotatable bonds is 6. The van der Waals surface area contributed by atoms with Crippen LogP contribution in [0.5, 0.6) is 0 Å². The third-order valence-corrected chi connectivity index (χ3v) is 4.20. The summed E-state index contributed by atoms with van der Waals surface area (Å²) >= 11 is 3.34. The van der Waals surface area contributed by atoms with Crippen LogP contribution < -0.4 is 5.32 Å². The second-order valence-corrected chi connectivity index (χ2v) is 6.01. The number of carbonyl (C=O) groups is 2. The molecule has 0 fully saturated rings. The fourth-order valence-electron chi connectivity index (χ4n) is 1.97. The minimum atomic E-state index is -0.713. The second-order valence-electron chi connectivity index (χ2n) is 5.10. The van der Waals surface area contributed by atoms with Gasteiger partial charge in [-0.3, -0.25) is 4.79 Å². The predicted octanol–water partition coefficient (Wildman–Crippen LogP) is 3.37. The van der Waals surface area contributed by atoms with E-state index in [1.165, 1.54) is 0 Å². The van der Waals surface area contributed by atoms with Crippen molar-refractivity contribution in [1.29, 1.82) is 0 Å². The summed E-state index contributed by atoms with van der Waals surface area (Å²) in [5, 5.41) is 2.65. The molecule has 23 heavy (non-hydrogen) atoms. The highest BCUT2D eigenvalue weighted by Crippen LogP contribution is 2.22. The van der Waals surface area contributed by atoms with Crippen molar-refractivity contribution in [2.45, 2.75) is 24.4 Å². The molecule has 1 N–H and O–H groups in total. The molecule has 0 saturated carbocycles. The fourth-order valence-corrected chi connectivity index (χ4v) is 2.41. The van der Waals surface area contributed by atoms with E-state index >= 15 is 0 Å². The van der Waals surface area contributed by atoms with Crippen molar-refractivity contribution in [2.75, 3.05) is 0 Å². The first kappa shape index (κ1) is 17.2. The Kier molecular flexibility index (Phi) is 6.35. The fraction of sp³-hybridized carbons (Fsp3) is 0.222. The maximum Gasteiger partial charge on any atom is 0.328 e. The van der Waals surface area contributed by atoms with Crippen molar-refractivity contribution in [1.82, 2.24) is 5.32 Å². The number of alkyl halides is 1. The highest BCUT2D eigenvalue weighted by Gasteiger charge is 2.22. The molecular weight excluding hydrogens is 358 g/mol. The van der Waals surface area contributed by atoms with Crippen molar-refractivity contribution in [3.8, 4) is 0 Å². The minimum absolute atomic E-state index is 0.191. The molecule has 2 aromatic rings. The van der Waals surface area contributed by atoms with E-state index in [4.69, 9.17) is 4.74 Å². The van der Waals surface area contributed by atoms with E-state index in [9.17, 15) is 9.59 Å². The summed E-state index contributed by atoms with van der Waals surface area (Å²) in [6.45, 7) is 1.80. The van der Waals surface area contributed by atoms with Crippen LogP contribution in [0.4, 0.5) is 0 Å². The van der Waals surface area contributed by atoms with Crippen LogP contribution in [0.1, 0.15) is 22.9 Å². The van der Waals surface area contributed by atoms with Gasteiger partial charge in [-0.05, 0) is 18.1 Å². The van der Waals surface area contributed by atoms with Crippen LogP contribution in [0, 0.1) is 0 Å². The highest BCUT2D eigenvalue weighted by molar-refractivity contribution is 9.09. The van der Waals surface area contributed by atoms with Crippen molar-refractivity contribution in [3.63, 3.8) is 0 Å². The monoisotopic (exact) mass is 375 g/mol. The molecule has 0 heterocycles. The summed E-state index contributed by atoms with van der Waals surface area (Å²) in [5.41, 5.74) is 1.73. The largest absolute Gasteiger partial charge is 0.459 e. The van der Waals surface area contributed by atoms with Gasteiger partial charge in [-0.2, -0.15) is 0 Å². The number of hydrogen-bond donors (Lipinski definition) is 1. The molecule has 0 saturated heterocycles. The number of halogens is 1. The van der Waals surface area contributed by atoms with Gasteiger partial charge in [0, 0.05) is 0 Å². The molecule has 1 amide bonds. The van der Waals surface area contributed by atoms with E-state index in [2.05, 4.69) is 21.2 Å². The Hall–Kier alpha value is -2.14. The molecule has 2 aromatic carbocycles. The first-order chi connectivity index (χ1) is 11.1. The van der Waals surface area contributed by atoms with E-state index in [1.807, 2.05) is 60.7 Å². The van der Waals surface area contributed by atoms with Crippen LogP contribution in [0.25, 0.3) is 0 Å². The Morgan fingerprint density at radius 1 is 1.04 bits per heavy atom. The van der Waals surface area contributed by atoms with Gasteiger partial charge in [0.15, 0.2) is 0 Å². The quantitative estimate of drug-likeness (QED) is 0.621. The Labute approximate surface area is 144 Å². The zero-order valence-electron chi connectivity index (χ0n) is 12.7. The molecule has 0 bridgehead atoms. The van der Waals surface area contributed by atoms with Crippen LogP contribution in [0.3, 0.4) is 0 Å². The van der Waals surface area contributed by atoms with E-state index in [-0.39, 0.29) is 12.5 Å². The van der Waals surface area contributed by atoms with Gasteiger partial charge in [0.05, 0.1) is 0 Å². The number of esters is 1. The number of amides is 1. The molecule has 5 heteroatoms. The molecule has 0 radical (unpaired) electrons. The van der Waals surface area contributed by atoms with Gasteiger partial charge in [-0.1, -0.05) is 76.6 Å². The third kappa shape index (κ3) is 5.21. The van der Waals surface area contributed by atoms with Crippen molar-refractivity contribution in [2.24, 2.45) is 0 Å². The first-order valence-corrected chi connectivity index (χ1v) is 8.19. The van der Waals surface area contributed by atoms with E-state index in [0.717, 1.165) is 11.1 Å². The van der Waals surface area contributed by atoms with Crippen LogP contribution in [0.15, 0.2) is 60.7 Å². The molecule has 4 nitrogen and oxygen atoms in total. The lowest BCUT2D eigenvalue weighted by Crippen LogP contribution is -2.40. The van der Waals surface area contributed by atoms with Crippen LogP contribution in [-0.4, -0.2) is 17.9 Å². The van der Waals surface area contributed by atoms with Gasteiger partial charge in [0.2, 0.25) is 5.91 Å². The standard InChI is InChI=1S/C18H18BrNO3/c1-13(18(22)23-12-14-8-4-2-5-9-14)20-17(21)16(19)15-10-6-3-7-11-15/h2-11,13,16H,12H2,1H3,(H,20,21)/t13-,16?/m0/s1. The Morgan fingerprint density at radius 3 is 2.22 bits per heavy atom. The zero-order valence-corrected chi connectivity index (χ0v) is 14.3. The molecule has 2 rings (SSSR count). The smallest absolute Gasteiger partial charge is 0.328 e. The van der Waals surface area contributed by atoms with Crippen LogP contribution in [0.2, 0.25) is 0 Å². The summed E-state index contributed by atoms with van der Waals surface area (Å²) in [7, 11) is 0. The van der Waals surface area contributed by atoms with Gasteiger partial charge < -0.3 is 10.1 Å². The molecule has 1 unspecified atom stereocenters. The molecule has 0 spiro atoms. The number of carbonyl (C=O) groups excluding carboxylic acids is 2. The zero-order chi connectivity index (χ0) is 16.7. The lowest BCUT2D eigenvalue weighted by atomic mass is 10.1. The average Bonchev–Trinajstić information content (AvgIpc) is 2.60. The Bertz CT molecular complexity index is 646. The first-order valence-electron chi connectivity index (χ1n) is 7.28. The summed E-state index contributed by atoms with van der Waals surface area (Å²) in [6, 6.07) is 18.0. The lowest BCUT2D eigenvalue weighted by molar-refractivity contribution is -0.148. The van der Waals surface area contributed by atoms with Crippen LogP contribution >= 0.6 is 15.9 Å². The molecule has 0 aliphatic heterocycles. The van der Waals surface area contributed by atoms with Gasteiger partial charge in [-0.15, -0.1) is 0 Å². The summed E-state index contributed by atoms with van der Waals surface area (Å²) in [6.07, 6.45) is 0. The lowest BCUT2D eigenvalue weighted by Gasteiger charge is -2.16. The van der Waals surface area contributed by atoms with Gasteiger partial charge in [0.25, 0.3) is 0 Å². The Balaban J connectivity index is 1.84. The number of hydrogen-bond acceptors (Lipinski definition) is 3. The third-order valence-electron chi connectivity index (χ3n) is 3.26. The molecular formula is C18H18BrNO3. The van der Waals surface area contributed by atoms with Gasteiger partial charge >= 0.3 is 5.97 Å². The molecule has 2 atom stereocenters. The second kappa shape index (κ2) is 8.48. The molecule has 0 aliphatic rings. The maximum absolute atomic E-state index is 12.2. The summed E-state index contributed by atoms with van der Waals surface area (Å²) < 4.78 is 5.21. The van der Waals surface area contributed by atoms with E-state index in [0.29, 0.717) is 0 Å². The summed E-state index contributed by atoms with van der Waals surface area (Å²) in [5.74, 6) is -0.740. The van der Waals surface area contributed by atoms with Gasteiger partial charge in [-0.25, -0.2) is 4.79 Å². The topological polar surface area (TPSA) is 55.4 Å². The van der Waals surface area contributed by atoms with E-state index < -0.39 is 16.8 Å². The summed E-state index contributed by atoms with van der Waals surface area (Å²) in [4.78, 5) is 23.6. The van der Waals surface area contributed by atoms with E-state index in [1.54, 1.807) is 6.92 Å². The van der Waals surface area contributed by atoms with Crippen molar-refractivity contribution >= 4 is 27.8 Å². The van der Waals surface area contributed by atoms with Crippen molar-refractivity contribution in [3.05, 3.63) is 71.8 Å². The molecule has 120 valence electrons. The van der Waals surface area contributed by atoms with Gasteiger partial charge in [0.1, 0.15) is 17.5 Å². The predicted molar refractivity (Wildman–Crippen MR) is 92.0 cm³/mol.